The van der Waals surface area contributed by atoms with E-state index in [1.165, 1.54) is 18.9 Å². The van der Waals surface area contributed by atoms with Crippen molar-refractivity contribution >= 4 is 11.6 Å². The second-order valence-corrected chi connectivity index (χ2v) is 4.76. The fraction of sp³-hybridized carbons (Fsp3) is 0.500. The Morgan fingerprint density at radius 1 is 1.53 bits per heavy atom. The molecule has 3 heteroatoms. The normalized spacial score (nSPS) is 17.9. The van der Waals surface area contributed by atoms with Gasteiger partial charge in [0.2, 0.25) is 0 Å². The summed E-state index contributed by atoms with van der Waals surface area (Å²) >= 11 is 6.08. The van der Waals surface area contributed by atoms with Crippen molar-refractivity contribution in [3.63, 3.8) is 0 Å². The van der Waals surface area contributed by atoms with Gasteiger partial charge in [0.1, 0.15) is 5.82 Å². The minimum Gasteiger partial charge on any atom is -0.324 e. The van der Waals surface area contributed by atoms with Gasteiger partial charge >= 0.3 is 0 Å². The first-order chi connectivity index (χ1) is 7.09. The van der Waals surface area contributed by atoms with Crippen LogP contribution in [0.5, 0.6) is 0 Å². The topological polar surface area (TPSA) is 26.0 Å². The second-order valence-electron chi connectivity index (χ2n) is 4.38. The third-order valence-electron chi connectivity index (χ3n) is 2.97. The van der Waals surface area contributed by atoms with Gasteiger partial charge in [0.15, 0.2) is 0 Å². The maximum absolute atomic E-state index is 13.6. The number of nitrogens with two attached hydrogens (primary N) is 1. The smallest absolute Gasteiger partial charge is 0.129 e. The Morgan fingerprint density at radius 3 is 2.80 bits per heavy atom. The van der Waals surface area contributed by atoms with Crippen molar-refractivity contribution < 1.29 is 4.39 Å². The van der Waals surface area contributed by atoms with Gasteiger partial charge in [-0.05, 0) is 30.9 Å². The van der Waals surface area contributed by atoms with Crippen LogP contribution in [0.25, 0.3) is 0 Å². The summed E-state index contributed by atoms with van der Waals surface area (Å²) in [7, 11) is 0. The summed E-state index contributed by atoms with van der Waals surface area (Å²) in [4.78, 5) is 0. The Balaban J connectivity index is 2.27. The third-order valence-corrected chi connectivity index (χ3v) is 3.48. The molecule has 1 aromatic rings. The fourth-order valence-electron chi connectivity index (χ4n) is 1.85. The Kier molecular flexibility index (Phi) is 2.98. The highest BCUT2D eigenvalue weighted by Crippen LogP contribution is 2.39. The molecule has 0 spiro atoms. The zero-order valence-corrected chi connectivity index (χ0v) is 9.52. The molecule has 0 bridgehead atoms. The van der Waals surface area contributed by atoms with Gasteiger partial charge in [-0.15, -0.1) is 0 Å². The van der Waals surface area contributed by atoms with Gasteiger partial charge in [0, 0.05) is 11.6 Å². The lowest BCUT2D eigenvalue weighted by Gasteiger charge is -2.15. The molecule has 1 fully saturated rings. The number of halogens is 2. The number of rotatable bonds is 3. The van der Waals surface area contributed by atoms with Crippen LogP contribution < -0.4 is 5.73 Å². The van der Waals surface area contributed by atoms with Crippen LogP contribution in [0.4, 0.5) is 4.39 Å². The monoisotopic (exact) mass is 227 g/mol. The Labute approximate surface area is 94.4 Å². The van der Waals surface area contributed by atoms with Crippen molar-refractivity contribution in [1.29, 1.82) is 0 Å². The van der Waals surface area contributed by atoms with Crippen molar-refractivity contribution in [2.75, 3.05) is 0 Å². The Hall–Kier alpha value is -0.600. The summed E-state index contributed by atoms with van der Waals surface area (Å²) in [6, 6.07) is 2.87. The van der Waals surface area contributed by atoms with Crippen molar-refractivity contribution in [2.45, 2.75) is 32.2 Å². The lowest BCUT2D eigenvalue weighted by molar-refractivity contribution is 0.542. The third kappa shape index (κ3) is 2.32. The molecule has 0 radical (unpaired) electrons. The van der Waals surface area contributed by atoms with E-state index in [0.29, 0.717) is 16.5 Å². The van der Waals surface area contributed by atoms with Crippen molar-refractivity contribution in [3.05, 3.63) is 34.1 Å². The van der Waals surface area contributed by atoms with Crippen LogP contribution in [-0.2, 0) is 0 Å². The average Bonchev–Trinajstić information content (AvgIpc) is 2.96. The molecular formula is C12H15ClFN. The van der Waals surface area contributed by atoms with E-state index in [9.17, 15) is 4.39 Å². The van der Waals surface area contributed by atoms with Gasteiger partial charge in [-0.2, -0.15) is 0 Å². The van der Waals surface area contributed by atoms with E-state index in [2.05, 4.69) is 0 Å². The molecule has 2 rings (SSSR count). The summed E-state index contributed by atoms with van der Waals surface area (Å²) in [6.07, 6.45) is 3.29. The van der Waals surface area contributed by atoms with E-state index in [-0.39, 0.29) is 11.9 Å². The Morgan fingerprint density at radius 2 is 2.20 bits per heavy atom. The predicted molar refractivity (Wildman–Crippen MR) is 60.4 cm³/mol. The van der Waals surface area contributed by atoms with Gasteiger partial charge in [-0.3, -0.25) is 0 Å². The zero-order valence-electron chi connectivity index (χ0n) is 8.76. The molecule has 1 aromatic carbocycles. The van der Waals surface area contributed by atoms with Crippen LogP contribution in [0.2, 0.25) is 5.02 Å². The van der Waals surface area contributed by atoms with Gasteiger partial charge < -0.3 is 5.73 Å². The van der Waals surface area contributed by atoms with Crippen LogP contribution >= 0.6 is 11.6 Å². The molecule has 1 atom stereocenters. The van der Waals surface area contributed by atoms with Crippen molar-refractivity contribution in [2.24, 2.45) is 11.7 Å². The number of hydrogen-bond donors (Lipinski definition) is 1. The summed E-state index contributed by atoms with van der Waals surface area (Å²) < 4.78 is 13.6. The predicted octanol–water partition coefficient (Wildman–Crippen LogP) is 3.59. The number of hydrogen-bond acceptors (Lipinski definition) is 1. The van der Waals surface area contributed by atoms with Gasteiger partial charge in [0.25, 0.3) is 0 Å². The van der Waals surface area contributed by atoms with E-state index < -0.39 is 0 Å². The molecular weight excluding hydrogens is 213 g/mol. The first-order valence-corrected chi connectivity index (χ1v) is 5.67. The molecule has 82 valence electrons. The number of benzene rings is 1. The quantitative estimate of drug-likeness (QED) is 0.839. The standard InChI is InChI=1S/C12H15ClFN/c1-7-2-5-9(14)11(12(7)13)10(15)6-8-3-4-8/h2,5,8,10H,3-4,6,15H2,1H3/t10-/m0/s1. The summed E-state index contributed by atoms with van der Waals surface area (Å²) in [6.45, 7) is 1.87. The average molecular weight is 228 g/mol. The first-order valence-electron chi connectivity index (χ1n) is 5.29. The summed E-state index contributed by atoms with van der Waals surface area (Å²) in [5.41, 5.74) is 7.36. The molecule has 1 aliphatic carbocycles. The van der Waals surface area contributed by atoms with E-state index in [0.717, 1.165) is 12.0 Å². The molecule has 0 amide bonds. The maximum Gasteiger partial charge on any atom is 0.129 e. The Bertz CT molecular complexity index is 374. The van der Waals surface area contributed by atoms with Crippen LogP contribution in [0.3, 0.4) is 0 Å². The highest BCUT2D eigenvalue weighted by Gasteiger charge is 2.27. The minimum atomic E-state index is -0.279. The molecule has 0 heterocycles. The molecule has 1 nitrogen and oxygen atoms in total. The molecule has 0 aliphatic heterocycles. The van der Waals surface area contributed by atoms with Crippen LogP contribution in [0.15, 0.2) is 12.1 Å². The maximum atomic E-state index is 13.6. The zero-order chi connectivity index (χ0) is 11.0. The largest absolute Gasteiger partial charge is 0.324 e. The lowest BCUT2D eigenvalue weighted by Crippen LogP contribution is -2.14. The second kappa shape index (κ2) is 4.11. The van der Waals surface area contributed by atoms with E-state index in [1.54, 1.807) is 6.07 Å². The van der Waals surface area contributed by atoms with Crippen molar-refractivity contribution in [3.8, 4) is 0 Å². The summed E-state index contributed by atoms with van der Waals surface area (Å²) in [5.74, 6) is 0.398. The van der Waals surface area contributed by atoms with Crippen LogP contribution in [0.1, 0.15) is 36.4 Å². The van der Waals surface area contributed by atoms with Crippen LogP contribution in [0, 0.1) is 18.7 Å². The van der Waals surface area contributed by atoms with E-state index >= 15 is 0 Å². The van der Waals surface area contributed by atoms with Gasteiger partial charge in [-0.1, -0.05) is 30.5 Å². The van der Waals surface area contributed by atoms with Gasteiger partial charge in [-0.25, -0.2) is 4.39 Å². The SMILES string of the molecule is Cc1ccc(F)c([C@@H](N)CC2CC2)c1Cl. The molecule has 0 aromatic heterocycles. The summed E-state index contributed by atoms with van der Waals surface area (Å²) in [5, 5.41) is 0.489. The minimum absolute atomic E-state index is 0.259. The highest BCUT2D eigenvalue weighted by atomic mass is 35.5. The molecule has 1 saturated carbocycles. The molecule has 0 unspecified atom stereocenters. The number of aryl methyl sites for hydroxylation is 1. The van der Waals surface area contributed by atoms with E-state index in [4.69, 9.17) is 17.3 Å². The van der Waals surface area contributed by atoms with Crippen LogP contribution in [-0.4, -0.2) is 0 Å². The highest BCUT2D eigenvalue weighted by molar-refractivity contribution is 6.32. The van der Waals surface area contributed by atoms with Crippen molar-refractivity contribution in [1.82, 2.24) is 0 Å². The molecule has 1 aliphatic rings. The molecule has 2 N–H and O–H groups in total. The van der Waals surface area contributed by atoms with E-state index in [1.807, 2.05) is 6.92 Å². The first kappa shape index (κ1) is 10.9. The molecule has 15 heavy (non-hydrogen) atoms. The lowest BCUT2D eigenvalue weighted by atomic mass is 9.99. The molecule has 0 saturated heterocycles. The fourth-order valence-corrected chi connectivity index (χ4v) is 2.14. The van der Waals surface area contributed by atoms with Gasteiger partial charge in [0.05, 0.1) is 5.02 Å².